The second-order valence-electron chi connectivity index (χ2n) is 5.14. The summed E-state index contributed by atoms with van der Waals surface area (Å²) >= 11 is 5.89. The van der Waals surface area contributed by atoms with E-state index in [0.717, 1.165) is 5.56 Å². The highest BCUT2D eigenvalue weighted by Gasteiger charge is 2.14. The van der Waals surface area contributed by atoms with Gasteiger partial charge in [-0.3, -0.25) is 4.79 Å². The molecule has 2 aromatic carbocycles. The molecule has 2 rings (SSSR count). The Kier molecular flexibility index (Phi) is 6.53. The summed E-state index contributed by atoms with van der Waals surface area (Å²) in [5.74, 6) is -0.318. The van der Waals surface area contributed by atoms with Crippen LogP contribution in [0.5, 0.6) is 0 Å². The van der Waals surface area contributed by atoms with Gasteiger partial charge in [0.2, 0.25) is 10.0 Å². The van der Waals surface area contributed by atoms with Crippen LogP contribution in [0.25, 0.3) is 0 Å². The summed E-state index contributed by atoms with van der Waals surface area (Å²) in [5.41, 5.74) is 1.21. The first-order valence-corrected chi connectivity index (χ1v) is 9.28. The first-order chi connectivity index (χ1) is 11.9. The van der Waals surface area contributed by atoms with Gasteiger partial charge in [0.05, 0.1) is 11.0 Å². The average Bonchev–Trinajstić information content (AvgIpc) is 2.60. The first-order valence-electron chi connectivity index (χ1n) is 7.42. The summed E-state index contributed by atoms with van der Waals surface area (Å²) in [7, 11) is -3.68. The molecule has 0 bridgehead atoms. The molecule has 0 fully saturated rings. The minimum Gasteiger partial charge on any atom is -0.348 e. The van der Waals surface area contributed by atoms with Crippen molar-refractivity contribution in [2.24, 2.45) is 0 Å². The third-order valence-corrected chi connectivity index (χ3v) is 5.01. The summed E-state index contributed by atoms with van der Waals surface area (Å²) in [6.07, 6.45) is 0.0865. The van der Waals surface area contributed by atoms with E-state index in [1.165, 1.54) is 24.3 Å². The Labute approximate surface area is 151 Å². The van der Waals surface area contributed by atoms with Crippen LogP contribution < -0.4 is 10.0 Å². The fraction of sp³-hybridized carbons (Fsp3) is 0.176. The van der Waals surface area contributed by atoms with E-state index in [-0.39, 0.29) is 23.8 Å². The number of hydrogen-bond acceptors (Lipinski definition) is 4. The molecule has 0 spiro atoms. The van der Waals surface area contributed by atoms with Gasteiger partial charge in [-0.2, -0.15) is 5.26 Å². The Hall–Kier alpha value is -2.40. The number of amides is 1. The predicted molar refractivity (Wildman–Crippen MR) is 94.5 cm³/mol. The topological polar surface area (TPSA) is 99.1 Å². The van der Waals surface area contributed by atoms with Gasteiger partial charge in [-0.25, -0.2) is 13.1 Å². The first kappa shape index (κ1) is 18.9. The summed E-state index contributed by atoms with van der Waals surface area (Å²) in [6.45, 7) is 0.357. The summed E-state index contributed by atoms with van der Waals surface area (Å²) in [5, 5.41) is 11.8. The van der Waals surface area contributed by atoms with Crippen molar-refractivity contribution in [3.8, 4) is 6.07 Å². The molecule has 0 radical (unpaired) electrons. The molecular weight excluding hydrogens is 362 g/mol. The Balaban J connectivity index is 1.99. The molecule has 0 aromatic heterocycles. The van der Waals surface area contributed by atoms with Crippen molar-refractivity contribution in [3.05, 3.63) is 64.7 Å². The van der Waals surface area contributed by atoms with Gasteiger partial charge in [0, 0.05) is 30.1 Å². The quantitative estimate of drug-likeness (QED) is 0.724. The normalized spacial score (nSPS) is 10.9. The van der Waals surface area contributed by atoms with Crippen LogP contribution in [-0.4, -0.2) is 20.9 Å². The number of carbonyl (C=O) groups excluding carboxylic acids is 1. The van der Waals surface area contributed by atoms with Crippen molar-refractivity contribution in [1.82, 2.24) is 10.0 Å². The molecule has 2 N–H and O–H groups in total. The maximum Gasteiger partial charge on any atom is 0.251 e. The van der Waals surface area contributed by atoms with Gasteiger partial charge in [0.15, 0.2) is 0 Å². The number of halogens is 1. The molecular formula is C17H16ClN3O3S. The Morgan fingerprint density at radius 3 is 2.52 bits per heavy atom. The highest BCUT2D eigenvalue weighted by atomic mass is 35.5. The van der Waals surface area contributed by atoms with Crippen LogP contribution in [0.3, 0.4) is 0 Å². The van der Waals surface area contributed by atoms with E-state index in [4.69, 9.17) is 16.9 Å². The number of hydrogen-bond donors (Lipinski definition) is 2. The third kappa shape index (κ3) is 5.57. The maximum atomic E-state index is 12.1. The van der Waals surface area contributed by atoms with Crippen molar-refractivity contribution in [1.29, 1.82) is 5.26 Å². The molecule has 0 saturated heterocycles. The molecule has 8 heteroatoms. The largest absolute Gasteiger partial charge is 0.348 e. The van der Waals surface area contributed by atoms with Gasteiger partial charge in [-0.05, 0) is 42.0 Å². The van der Waals surface area contributed by atoms with Crippen LogP contribution in [0.1, 0.15) is 22.3 Å². The zero-order valence-electron chi connectivity index (χ0n) is 13.2. The van der Waals surface area contributed by atoms with E-state index in [9.17, 15) is 13.2 Å². The Morgan fingerprint density at radius 2 is 1.88 bits per heavy atom. The highest BCUT2D eigenvalue weighted by molar-refractivity contribution is 7.89. The molecule has 0 unspecified atom stereocenters. The van der Waals surface area contributed by atoms with E-state index >= 15 is 0 Å². The minimum absolute atomic E-state index is 0.0387. The van der Waals surface area contributed by atoms with E-state index in [1.807, 2.05) is 12.1 Å². The monoisotopic (exact) mass is 377 g/mol. The molecule has 0 aliphatic carbocycles. The van der Waals surface area contributed by atoms with Gasteiger partial charge >= 0.3 is 0 Å². The van der Waals surface area contributed by atoms with Gasteiger partial charge in [0.1, 0.15) is 0 Å². The van der Waals surface area contributed by atoms with Crippen LogP contribution in [0.2, 0.25) is 5.02 Å². The molecule has 0 aliphatic heterocycles. The molecule has 130 valence electrons. The molecule has 2 aromatic rings. The zero-order valence-corrected chi connectivity index (χ0v) is 14.8. The Morgan fingerprint density at radius 1 is 1.16 bits per heavy atom. The fourth-order valence-electron chi connectivity index (χ4n) is 2.04. The number of nitriles is 1. The average molecular weight is 378 g/mol. The number of sulfonamides is 1. The van der Waals surface area contributed by atoms with Gasteiger partial charge in [0.25, 0.3) is 5.91 Å². The van der Waals surface area contributed by atoms with Gasteiger partial charge in [-0.1, -0.05) is 23.7 Å². The highest BCUT2D eigenvalue weighted by Crippen LogP contribution is 2.12. The third-order valence-electron chi connectivity index (χ3n) is 3.30. The molecule has 0 saturated carbocycles. The molecule has 0 atom stereocenters. The molecule has 0 aliphatic rings. The van der Waals surface area contributed by atoms with Crippen molar-refractivity contribution in [3.63, 3.8) is 0 Å². The number of carbonyl (C=O) groups is 1. The van der Waals surface area contributed by atoms with Crippen LogP contribution in [0, 0.1) is 11.3 Å². The van der Waals surface area contributed by atoms with Gasteiger partial charge in [-0.15, -0.1) is 0 Å². The van der Waals surface area contributed by atoms with Gasteiger partial charge < -0.3 is 5.32 Å². The summed E-state index contributed by atoms with van der Waals surface area (Å²) in [6, 6.07) is 14.6. The van der Waals surface area contributed by atoms with Crippen molar-refractivity contribution in [2.45, 2.75) is 17.9 Å². The lowest BCUT2D eigenvalue weighted by molar-refractivity contribution is 0.0951. The standard InChI is InChI=1S/C17H16ClN3O3S/c18-15-4-1-3-13(11-15)12-20-17(22)14-5-7-16(8-6-14)25(23,24)21-10-2-9-19/h1,3-8,11,21H,2,10,12H2,(H,20,22). The molecule has 25 heavy (non-hydrogen) atoms. The molecule has 1 amide bonds. The Bertz CT molecular complexity index is 890. The SMILES string of the molecule is N#CCCNS(=O)(=O)c1ccc(C(=O)NCc2cccc(Cl)c2)cc1. The second kappa shape index (κ2) is 8.62. The van der Waals surface area contributed by atoms with Crippen LogP contribution in [0.15, 0.2) is 53.4 Å². The number of rotatable bonds is 7. The molecule has 6 nitrogen and oxygen atoms in total. The number of nitrogens with zero attached hydrogens (tertiary/aromatic N) is 1. The van der Waals surface area contributed by atoms with E-state index in [2.05, 4.69) is 10.0 Å². The van der Waals surface area contributed by atoms with E-state index in [1.54, 1.807) is 18.2 Å². The number of benzene rings is 2. The minimum atomic E-state index is -3.68. The summed E-state index contributed by atoms with van der Waals surface area (Å²) < 4.78 is 26.3. The van der Waals surface area contributed by atoms with E-state index in [0.29, 0.717) is 17.1 Å². The van der Waals surface area contributed by atoms with Crippen LogP contribution in [-0.2, 0) is 16.6 Å². The van der Waals surface area contributed by atoms with Crippen LogP contribution >= 0.6 is 11.6 Å². The zero-order chi connectivity index (χ0) is 18.3. The maximum absolute atomic E-state index is 12.1. The van der Waals surface area contributed by atoms with Crippen molar-refractivity contribution >= 4 is 27.5 Å². The lowest BCUT2D eigenvalue weighted by atomic mass is 10.2. The lowest BCUT2D eigenvalue weighted by Crippen LogP contribution is -2.25. The smallest absolute Gasteiger partial charge is 0.251 e. The second-order valence-corrected chi connectivity index (χ2v) is 7.35. The fourth-order valence-corrected chi connectivity index (χ4v) is 3.29. The summed E-state index contributed by atoms with van der Waals surface area (Å²) in [4.78, 5) is 12.2. The van der Waals surface area contributed by atoms with E-state index < -0.39 is 10.0 Å². The van der Waals surface area contributed by atoms with Crippen LogP contribution in [0.4, 0.5) is 0 Å². The predicted octanol–water partition coefficient (Wildman–Crippen LogP) is 2.46. The lowest BCUT2D eigenvalue weighted by Gasteiger charge is -2.08. The number of nitrogens with one attached hydrogen (secondary N) is 2. The van der Waals surface area contributed by atoms with Crippen molar-refractivity contribution in [2.75, 3.05) is 6.54 Å². The van der Waals surface area contributed by atoms with Crippen molar-refractivity contribution < 1.29 is 13.2 Å². The molecule has 0 heterocycles.